The molecule has 8 heteroatoms. The van der Waals surface area contributed by atoms with Crippen molar-refractivity contribution in [1.82, 2.24) is 20.4 Å². The van der Waals surface area contributed by atoms with Gasteiger partial charge in [-0.3, -0.25) is 14.3 Å². The highest BCUT2D eigenvalue weighted by atomic mass is 35.5. The summed E-state index contributed by atoms with van der Waals surface area (Å²) in [5, 5.41) is 9.66. The molecular weight excluding hydrogens is 296 g/mol. The van der Waals surface area contributed by atoms with E-state index in [4.69, 9.17) is 4.74 Å². The summed E-state index contributed by atoms with van der Waals surface area (Å²) in [6.07, 6.45) is 3.42. The third-order valence-electron chi connectivity index (χ3n) is 2.60. The normalized spacial score (nSPS) is 11.7. The molecule has 1 atom stereocenters. The van der Waals surface area contributed by atoms with Crippen LogP contribution in [0, 0.1) is 0 Å². The Kier molecular flexibility index (Phi) is 8.64. The Morgan fingerprint density at radius 3 is 2.57 bits per heavy atom. The second-order valence-corrected chi connectivity index (χ2v) is 4.75. The van der Waals surface area contributed by atoms with Crippen LogP contribution in [0.2, 0.25) is 0 Å². The Balaban J connectivity index is 0.00000400. The molecule has 7 nitrogen and oxygen atoms in total. The van der Waals surface area contributed by atoms with Gasteiger partial charge in [0.15, 0.2) is 0 Å². The minimum Gasteiger partial charge on any atom is -0.463 e. The Labute approximate surface area is 130 Å². The van der Waals surface area contributed by atoms with E-state index < -0.39 is 6.04 Å². The summed E-state index contributed by atoms with van der Waals surface area (Å²) >= 11 is 0. The molecule has 1 aromatic rings. The van der Waals surface area contributed by atoms with Crippen molar-refractivity contribution in [2.75, 3.05) is 13.6 Å². The van der Waals surface area contributed by atoms with Crippen LogP contribution in [0.3, 0.4) is 0 Å². The number of aromatic nitrogens is 2. The summed E-state index contributed by atoms with van der Waals surface area (Å²) in [7, 11) is 3.49. The third kappa shape index (κ3) is 6.59. The zero-order chi connectivity index (χ0) is 15.1. The fourth-order valence-electron chi connectivity index (χ4n) is 1.75. The van der Waals surface area contributed by atoms with Crippen molar-refractivity contribution in [3.8, 4) is 0 Å². The fourth-order valence-corrected chi connectivity index (χ4v) is 1.75. The van der Waals surface area contributed by atoms with Gasteiger partial charge >= 0.3 is 5.97 Å². The van der Waals surface area contributed by atoms with Gasteiger partial charge in [0.1, 0.15) is 6.04 Å². The SMILES string of the molecule is CNC(C(=O)NCCC(=O)OC(C)C)c1cnn(C)c1.Cl. The maximum atomic E-state index is 12.0. The van der Waals surface area contributed by atoms with E-state index in [0.29, 0.717) is 0 Å². The zero-order valence-corrected chi connectivity index (χ0v) is 13.6. The summed E-state index contributed by atoms with van der Waals surface area (Å²) in [6, 6.07) is -0.482. The predicted molar refractivity (Wildman–Crippen MR) is 81.1 cm³/mol. The van der Waals surface area contributed by atoms with E-state index in [1.165, 1.54) is 0 Å². The highest BCUT2D eigenvalue weighted by Crippen LogP contribution is 2.10. The van der Waals surface area contributed by atoms with E-state index in [-0.39, 0.29) is 43.4 Å². The molecule has 1 aromatic heterocycles. The van der Waals surface area contributed by atoms with E-state index in [1.54, 1.807) is 45.0 Å². The average molecular weight is 319 g/mol. The molecule has 0 aliphatic rings. The number of nitrogens with zero attached hydrogens (tertiary/aromatic N) is 2. The van der Waals surface area contributed by atoms with Gasteiger partial charge in [0, 0.05) is 25.4 Å². The van der Waals surface area contributed by atoms with Crippen LogP contribution in [0.5, 0.6) is 0 Å². The molecule has 0 spiro atoms. The number of aryl methyl sites for hydroxylation is 1. The van der Waals surface area contributed by atoms with Crippen molar-refractivity contribution in [3.63, 3.8) is 0 Å². The standard InChI is InChI=1S/C13H22N4O3.ClH/c1-9(2)20-11(18)5-6-15-13(19)12(14-3)10-7-16-17(4)8-10;/h7-9,12,14H,5-6H2,1-4H3,(H,15,19);1H. The molecule has 1 heterocycles. The Morgan fingerprint density at radius 2 is 2.10 bits per heavy atom. The fraction of sp³-hybridized carbons (Fsp3) is 0.615. The third-order valence-corrected chi connectivity index (χ3v) is 2.60. The smallest absolute Gasteiger partial charge is 0.307 e. The lowest BCUT2D eigenvalue weighted by Gasteiger charge is -2.14. The molecule has 0 aromatic carbocycles. The largest absolute Gasteiger partial charge is 0.463 e. The monoisotopic (exact) mass is 318 g/mol. The lowest BCUT2D eigenvalue weighted by molar-refractivity contribution is -0.147. The molecule has 2 N–H and O–H groups in total. The molecule has 120 valence electrons. The highest BCUT2D eigenvalue weighted by Gasteiger charge is 2.19. The van der Waals surface area contributed by atoms with Gasteiger partial charge in [-0.25, -0.2) is 0 Å². The number of rotatable bonds is 7. The molecule has 1 rings (SSSR count). The molecule has 0 saturated carbocycles. The number of esters is 1. The molecule has 0 bridgehead atoms. The summed E-state index contributed by atoms with van der Waals surface area (Å²) in [5.41, 5.74) is 0.775. The average Bonchev–Trinajstić information content (AvgIpc) is 2.75. The topological polar surface area (TPSA) is 85.2 Å². The first-order valence-electron chi connectivity index (χ1n) is 6.57. The van der Waals surface area contributed by atoms with Gasteiger partial charge in [-0.2, -0.15) is 5.10 Å². The van der Waals surface area contributed by atoms with E-state index in [0.717, 1.165) is 5.56 Å². The van der Waals surface area contributed by atoms with E-state index in [9.17, 15) is 9.59 Å². The number of hydrogen-bond acceptors (Lipinski definition) is 5. The maximum Gasteiger partial charge on any atom is 0.307 e. The first kappa shape index (κ1) is 19.4. The van der Waals surface area contributed by atoms with Gasteiger partial charge in [-0.15, -0.1) is 12.4 Å². The number of halogens is 1. The van der Waals surface area contributed by atoms with E-state index in [2.05, 4.69) is 15.7 Å². The Morgan fingerprint density at radius 1 is 1.43 bits per heavy atom. The summed E-state index contributed by atoms with van der Waals surface area (Å²) in [6.45, 7) is 3.83. The van der Waals surface area contributed by atoms with Gasteiger partial charge < -0.3 is 15.4 Å². The van der Waals surface area contributed by atoms with Crippen molar-refractivity contribution in [2.24, 2.45) is 7.05 Å². The van der Waals surface area contributed by atoms with E-state index >= 15 is 0 Å². The summed E-state index contributed by atoms with van der Waals surface area (Å²) in [5.74, 6) is -0.513. The van der Waals surface area contributed by atoms with Crippen LogP contribution in [-0.4, -0.2) is 41.4 Å². The molecular formula is C13H23ClN4O3. The Bertz CT molecular complexity index is 462. The van der Waals surface area contributed by atoms with Crippen LogP contribution in [0.25, 0.3) is 0 Å². The van der Waals surface area contributed by atoms with Gasteiger partial charge in [-0.05, 0) is 20.9 Å². The second-order valence-electron chi connectivity index (χ2n) is 4.75. The van der Waals surface area contributed by atoms with Gasteiger partial charge in [0.05, 0.1) is 18.7 Å². The van der Waals surface area contributed by atoms with E-state index in [1.807, 2.05) is 0 Å². The second kappa shape index (κ2) is 9.36. The molecule has 0 aliphatic carbocycles. The van der Waals surface area contributed by atoms with Gasteiger partial charge in [0.25, 0.3) is 0 Å². The summed E-state index contributed by atoms with van der Waals surface area (Å²) < 4.78 is 6.62. The quantitative estimate of drug-likeness (QED) is 0.718. The maximum absolute atomic E-state index is 12.0. The molecule has 1 unspecified atom stereocenters. The van der Waals surface area contributed by atoms with Crippen molar-refractivity contribution < 1.29 is 14.3 Å². The van der Waals surface area contributed by atoms with Gasteiger partial charge in [0.2, 0.25) is 5.91 Å². The van der Waals surface area contributed by atoms with Crippen LogP contribution in [0.4, 0.5) is 0 Å². The van der Waals surface area contributed by atoms with Crippen molar-refractivity contribution in [1.29, 1.82) is 0 Å². The highest BCUT2D eigenvalue weighted by molar-refractivity contribution is 5.85. The lowest BCUT2D eigenvalue weighted by Crippen LogP contribution is -2.37. The number of ether oxygens (including phenoxy) is 1. The summed E-state index contributed by atoms with van der Waals surface area (Å²) in [4.78, 5) is 23.4. The number of amides is 1. The van der Waals surface area contributed by atoms with Crippen molar-refractivity contribution in [3.05, 3.63) is 18.0 Å². The van der Waals surface area contributed by atoms with Crippen LogP contribution < -0.4 is 10.6 Å². The predicted octanol–water partition coefficient (Wildman–Crippen LogP) is 0.560. The number of hydrogen-bond donors (Lipinski definition) is 2. The number of carbonyl (C=O) groups excluding carboxylic acids is 2. The van der Waals surface area contributed by atoms with Crippen LogP contribution in [-0.2, 0) is 21.4 Å². The number of nitrogens with one attached hydrogen (secondary N) is 2. The molecule has 1 amide bonds. The van der Waals surface area contributed by atoms with Crippen molar-refractivity contribution in [2.45, 2.75) is 32.4 Å². The van der Waals surface area contributed by atoms with Crippen LogP contribution in [0.15, 0.2) is 12.4 Å². The molecule has 0 saturated heterocycles. The first-order chi connectivity index (χ1) is 9.43. The number of carbonyl (C=O) groups is 2. The number of likely N-dealkylation sites (N-methyl/N-ethyl adjacent to an activating group) is 1. The molecule has 21 heavy (non-hydrogen) atoms. The van der Waals surface area contributed by atoms with Gasteiger partial charge in [-0.1, -0.05) is 0 Å². The Hall–Kier alpha value is -1.60. The molecule has 0 radical (unpaired) electrons. The molecule has 0 fully saturated rings. The minimum atomic E-state index is -0.482. The van der Waals surface area contributed by atoms with Crippen molar-refractivity contribution >= 4 is 24.3 Å². The minimum absolute atomic E-state index is 0. The molecule has 0 aliphatic heterocycles. The van der Waals surface area contributed by atoms with Crippen LogP contribution >= 0.6 is 12.4 Å². The van der Waals surface area contributed by atoms with Crippen LogP contribution in [0.1, 0.15) is 31.9 Å². The first-order valence-corrected chi connectivity index (χ1v) is 6.57. The zero-order valence-electron chi connectivity index (χ0n) is 12.8. The lowest BCUT2D eigenvalue weighted by atomic mass is 10.1.